The molecular weight excluding hydrogens is 246 g/mol. The summed E-state index contributed by atoms with van der Waals surface area (Å²) in [5, 5.41) is 16.8. The first-order valence-corrected chi connectivity index (χ1v) is 6.36. The van der Waals surface area contributed by atoms with Crippen LogP contribution in [0.2, 0.25) is 0 Å². The second-order valence-electron chi connectivity index (χ2n) is 4.72. The lowest BCUT2D eigenvalue weighted by Crippen LogP contribution is -2.26. The standard InChI is InChI=1S/C13H17N3O3/c1-3-14-11-6-8(2)10(7-12(11)16(18)19)13(17)15-9-4-5-9/h6-7,9,14H,3-5H2,1-2H3,(H,15,17). The zero-order valence-corrected chi connectivity index (χ0v) is 11.0. The van der Waals surface area contributed by atoms with Gasteiger partial charge in [-0.3, -0.25) is 14.9 Å². The fraction of sp³-hybridized carbons (Fsp3) is 0.462. The lowest BCUT2D eigenvalue weighted by atomic mass is 10.1. The molecule has 102 valence electrons. The third-order valence-electron chi connectivity index (χ3n) is 3.06. The fourth-order valence-corrected chi connectivity index (χ4v) is 1.92. The minimum atomic E-state index is -0.467. The van der Waals surface area contributed by atoms with E-state index in [0.717, 1.165) is 18.4 Å². The summed E-state index contributed by atoms with van der Waals surface area (Å²) in [5.74, 6) is -0.230. The molecule has 6 heteroatoms. The number of carbonyl (C=O) groups excluding carboxylic acids is 1. The van der Waals surface area contributed by atoms with E-state index in [1.165, 1.54) is 6.07 Å². The van der Waals surface area contributed by atoms with Crippen LogP contribution < -0.4 is 10.6 Å². The minimum Gasteiger partial charge on any atom is -0.380 e. The quantitative estimate of drug-likeness (QED) is 0.630. The van der Waals surface area contributed by atoms with Gasteiger partial charge in [0.05, 0.1) is 4.92 Å². The Kier molecular flexibility index (Phi) is 3.69. The van der Waals surface area contributed by atoms with Gasteiger partial charge in [0.1, 0.15) is 5.69 Å². The van der Waals surface area contributed by atoms with Crippen LogP contribution in [0.3, 0.4) is 0 Å². The van der Waals surface area contributed by atoms with Crippen LogP contribution in [0.25, 0.3) is 0 Å². The summed E-state index contributed by atoms with van der Waals surface area (Å²) >= 11 is 0. The second kappa shape index (κ2) is 5.26. The average molecular weight is 263 g/mol. The third-order valence-corrected chi connectivity index (χ3v) is 3.06. The van der Waals surface area contributed by atoms with E-state index in [9.17, 15) is 14.9 Å². The van der Waals surface area contributed by atoms with E-state index in [0.29, 0.717) is 17.8 Å². The number of carbonyl (C=O) groups is 1. The van der Waals surface area contributed by atoms with E-state index >= 15 is 0 Å². The van der Waals surface area contributed by atoms with Crippen molar-refractivity contribution in [2.24, 2.45) is 0 Å². The SMILES string of the molecule is CCNc1cc(C)c(C(=O)NC2CC2)cc1[N+](=O)[O-]. The highest BCUT2D eigenvalue weighted by molar-refractivity contribution is 5.97. The lowest BCUT2D eigenvalue weighted by Gasteiger charge is -2.10. The van der Waals surface area contributed by atoms with Crippen LogP contribution in [-0.4, -0.2) is 23.4 Å². The molecule has 19 heavy (non-hydrogen) atoms. The number of anilines is 1. The monoisotopic (exact) mass is 263 g/mol. The Morgan fingerprint density at radius 3 is 2.68 bits per heavy atom. The molecular formula is C13H17N3O3. The molecule has 0 aliphatic heterocycles. The van der Waals surface area contributed by atoms with Gasteiger partial charge in [-0.15, -0.1) is 0 Å². The van der Waals surface area contributed by atoms with Crippen molar-refractivity contribution in [3.63, 3.8) is 0 Å². The Morgan fingerprint density at radius 1 is 1.47 bits per heavy atom. The number of rotatable bonds is 5. The van der Waals surface area contributed by atoms with Crippen molar-refractivity contribution in [3.05, 3.63) is 33.4 Å². The summed E-state index contributed by atoms with van der Waals surface area (Å²) in [6, 6.07) is 3.24. The number of amides is 1. The van der Waals surface area contributed by atoms with Crippen LogP contribution in [0.4, 0.5) is 11.4 Å². The van der Waals surface area contributed by atoms with Gasteiger partial charge in [0.25, 0.3) is 11.6 Å². The fourth-order valence-electron chi connectivity index (χ4n) is 1.92. The molecule has 1 aliphatic carbocycles. The first-order chi connectivity index (χ1) is 9.02. The van der Waals surface area contributed by atoms with Crippen molar-refractivity contribution in [2.45, 2.75) is 32.7 Å². The normalized spacial score (nSPS) is 14.0. The van der Waals surface area contributed by atoms with Crippen molar-refractivity contribution in [1.29, 1.82) is 0 Å². The van der Waals surface area contributed by atoms with Crippen molar-refractivity contribution in [2.75, 3.05) is 11.9 Å². The Bertz CT molecular complexity index is 524. The summed E-state index contributed by atoms with van der Waals surface area (Å²) < 4.78 is 0. The Balaban J connectivity index is 2.35. The van der Waals surface area contributed by atoms with E-state index in [1.807, 2.05) is 6.92 Å². The first-order valence-electron chi connectivity index (χ1n) is 6.36. The number of nitro benzene ring substituents is 1. The Labute approximate surface area is 111 Å². The molecule has 0 heterocycles. The van der Waals surface area contributed by atoms with Crippen molar-refractivity contribution in [1.82, 2.24) is 5.32 Å². The smallest absolute Gasteiger partial charge is 0.293 e. The van der Waals surface area contributed by atoms with Crippen molar-refractivity contribution >= 4 is 17.3 Å². The summed E-state index contributed by atoms with van der Waals surface area (Å²) in [5.41, 5.74) is 1.50. The molecule has 0 saturated heterocycles. The van der Waals surface area contributed by atoms with E-state index < -0.39 is 4.92 Å². The summed E-state index contributed by atoms with van der Waals surface area (Å²) in [6.07, 6.45) is 1.98. The van der Waals surface area contributed by atoms with Crippen molar-refractivity contribution in [3.8, 4) is 0 Å². The molecule has 0 unspecified atom stereocenters. The van der Waals surface area contributed by atoms with E-state index in [4.69, 9.17) is 0 Å². The molecule has 1 aromatic rings. The molecule has 1 fully saturated rings. The highest BCUT2D eigenvalue weighted by Crippen LogP contribution is 2.29. The third kappa shape index (κ3) is 3.01. The van der Waals surface area contributed by atoms with Crippen LogP contribution in [0.1, 0.15) is 35.7 Å². The van der Waals surface area contributed by atoms with Crippen LogP contribution >= 0.6 is 0 Å². The van der Waals surface area contributed by atoms with Gasteiger partial charge in [-0.1, -0.05) is 0 Å². The number of hydrogen-bond acceptors (Lipinski definition) is 4. The number of nitrogens with one attached hydrogen (secondary N) is 2. The molecule has 0 radical (unpaired) electrons. The number of aryl methyl sites for hydroxylation is 1. The van der Waals surface area contributed by atoms with Gasteiger partial charge in [0.15, 0.2) is 0 Å². The molecule has 2 rings (SSSR count). The molecule has 2 N–H and O–H groups in total. The summed E-state index contributed by atoms with van der Waals surface area (Å²) in [6.45, 7) is 4.24. The number of hydrogen-bond donors (Lipinski definition) is 2. The van der Waals surface area contributed by atoms with Crippen LogP contribution in [0.5, 0.6) is 0 Å². The molecule has 1 aromatic carbocycles. The number of nitro groups is 1. The Morgan fingerprint density at radius 2 is 2.16 bits per heavy atom. The van der Waals surface area contributed by atoms with Crippen molar-refractivity contribution < 1.29 is 9.72 Å². The van der Waals surface area contributed by atoms with E-state index in [-0.39, 0.29) is 17.6 Å². The topological polar surface area (TPSA) is 84.3 Å². The zero-order chi connectivity index (χ0) is 14.0. The second-order valence-corrected chi connectivity index (χ2v) is 4.72. The zero-order valence-electron chi connectivity index (χ0n) is 11.0. The van der Waals surface area contributed by atoms with Gasteiger partial charge in [-0.25, -0.2) is 0 Å². The predicted octanol–water partition coefficient (Wildman–Crippen LogP) is 2.23. The van der Waals surface area contributed by atoms with Crippen LogP contribution in [0.15, 0.2) is 12.1 Å². The van der Waals surface area contributed by atoms with Gasteiger partial charge in [0.2, 0.25) is 0 Å². The molecule has 0 aromatic heterocycles. The number of nitrogens with zero attached hydrogens (tertiary/aromatic N) is 1. The maximum absolute atomic E-state index is 12.0. The van der Waals surface area contributed by atoms with Gasteiger partial charge in [0, 0.05) is 24.2 Å². The highest BCUT2D eigenvalue weighted by Gasteiger charge is 2.26. The minimum absolute atomic E-state index is 0.0617. The molecule has 1 amide bonds. The summed E-state index contributed by atoms with van der Waals surface area (Å²) in [7, 11) is 0. The van der Waals surface area contributed by atoms with Crippen LogP contribution in [-0.2, 0) is 0 Å². The molecule has 1 saturated carbocycles. The maximum Gasteiger partial charge on any atom is 0.293 e. The van der Waals surface area contributed by atoms with Gasteiger partial charge in [-0.2, -0.15) is 0 Å². The summed E-state index contributed by atoms with van der Waals surface area (Å²) in [4.78, 5) is 22.6. The first kappa shape index (κ1) is 13.3. The molecule has 0 atom stereocenters. The van der Waals surface area contributed by atoms with Gasteiger partial charge in [-0.05, 0) is 38.3 Å². The van der Waals surface area contributed by atoms with E-state index in [1.54, 1.807) is 13.0 Å². The molecule has 0 spiro atoms. The van der Waals surface area contributed by atoms with E-state index in [2.05, 4.69) is 10.6 Å². The highest BCUT2D eigenvalue weighted by atomic mass is 16.6. The number of benzene rings is 1. The molecule has 1 aliphatic rings. The maximum atomic E-state index is 12.0. The van der Waals surface area contributed by atoms with Gasteiger partial charge >= 0.3 is 0 Å². The predicted molar refractivity (Wildman–Crippen MR) is 72.5 cm³/mol. The van der Waals surface area contributed by atoms with Gasteiger partial charge < -0.3 is 10.6 Å². The van der Waals surface area contributed by atoms with Crippen LogP contribution in [0, 0.1) is 17.0 Å². The largest absolute Gasteiger partial charge is 0.380 e. The Hall–Kier alpha value is -2.11. The lowest BCUT2D eigenvalue weighted by molar-refractivity contribution is -0.384. The average Bonchev–Trinajstić information content (AvgIpc) is 3.12. The molecule has 0 bridgehead atoms. The molecule has 6 nitrogen and oxygen atoms in total.